The summed E-state index contributed by atoms with van der Waals surface area (Å²) in [5.74, 6) is -3.17. The number of nitrogens with one attached hydrogen (secondary N) is 1. The van der Waals surface area contributed by atoms with E-state index < -0.39 is 11.8 Å². The Kier molecular flexibility index (Phi) is 9.05. The van der Waals surface area contributed by atoms with Gasteiger partial charge in [-0.1, -0.05) is 37.5 Å². The molecule has 1 atom stereocenters. The van der Waals surface area contributed by atoms with Crippen molar-refractivity contribution < 1.29 is 13.5 Å². The summed E-state index contributed by atoms with van der Waals surface area (Å²) in [6.45, 7) is 6.87. The molecule has 0 amide bonds. The Morgan fingerprint density at radius 2 is 1.61 bits per heavy atom. The van der Waals surface area contributed by atoms with Gasteiger partial charge in [-0.3, -0.25) is 9.59 Å². The molecule has 8 bridgehead atoms. The number of hydrogen-bond acceptors (Lipinski definition) is 7. The second kappa shape index (κ2) is 13.0. The number of rotatable bonds is 1. The minimum absolute atomic E-state index is 0.0368. The van der Waals surface area contributed by atoms with Gasteiger partial charge in [0, 0.05) is 38.2 Å². The Labute approximate surface area is 256 Å². The van der Waals surface area contributed by atoms with Gasteiger partial charge in [-0.15, -0.1) is 0 Å². The van der Waals surface area contributed by atoms with Gasteiger partial charge in [0.15, 0.2) is 5.82 Å². The van der Waals surface area contributed by atoms with E-state index in [1.54, 1.807) is 29.8 Å². The molecule has 0 spiro atoms. The first-order valence-corrected chi connectivity index (χ1v) is 16.2. The Hall–Kier alpha value is -3.31. The van der Waals surface area contributed by atoms with E-state index in [-0.39, 0.29) is 22.7 Å². The number of piperidine rings is 1. The fraction of sp³-hybridized carbons (Fsp3) is 0.606. The zero-order valence-corrected chi connectivity index (χ0v) is 25.9. The van der Waals surface area contributed by atoms with Gasteiger partial charge in [-0.2, -0.15) is 5.10 Å². The molecule has 9 nitrogen and oxygen atoms in total. The van der Waals surface area contributed by atoms with Crippen molar-refractivity contribution in [2.75, 3.05) is 56.2 Å². The Morgan fingerprint density at radius 3 is 2.36 bits per heavy atom. The topological polar surface area (TPSA) is 84.6 Å². The number of benzene rings is 1. The van der Waals surface area contributed by atoms with Crippen molar-refractivity contribution in [3.63, 3.8) is 0 Å². The minimum Gasteiger partial charge on any atom is -0.378 e. The van der Waals surface area contributed by atoms with Gasteiger partial charge in [0.05, 0.1) is 24.6 Å². The number of pyridine rings is 1. The highest BCUT2D eigenvalue weighted by atomic mass is 19.3. The molecule has 11 heteroatoms. The number of aryl methyl sites for hydroxylation is 2. The van der Waals surface area contributed by atoms with Gasteiger partial charge in [-0.05, 0) is 69.9 Å². The number of halogens is 2. The Balaban J connectivity index is 1.44. The van der Waals surface area contributed by atoms with Crippen LogP contribution in [0.2, 0.25) is 0 Å². The molecular formula is C33H44F2N6O3. The van der Waals surface area contributed by atoms with Gasteiger partial charge in [0.1, 0.15) is 11.2 Å². The lowest BCUT2D eigenvalue weighted by molar-refractivity contribution is -0.0855. The monoisotopic (exact) mass is 610 g/mol. The van der Waals surface area contributed by atoms with Crippen LogP contribution in [0.25, 0.3) is 10.9 Å². The molecule has 238 valence electrons. The number of alkyl halides is 2. The molecule has 7 rings (SSSR count). The van der Waals surface area contributed by atoms with Crippen LogP contribution in [0.1, 0.15) is 69.0 Å². The van der Waals surface area contributed by atoms with Crippen LogP contribution in [0, 0.1) is 5.92 Å². The van der Waals surface area contributed by atoms with Crippen LogP contribution in [0.4, 0.5) is 20.3 Å². The number of anilines is 2. The highest BCUT2D eigenvalue weighted by Crippen LogP contribution is 2.42. The van der Waals surface area contributed by atoms with Crippen molar-refractivity contribution in [3.8, 4) is 0 Å². The molecule has 1 aromatic carbocycles. The number of aromatic nitrogens is 3. The summed E-state index contributed by atoms with van der Waals surface area (Å²) in [5.41, 5.74) is 1.06. The molecule has 4 aliphatic rings. The van der Waals surface area contributed by atoms with Crippen molar-refractivity contribution in [2.45, 2.75) is 70.4 Å². The van der Waals surface area contributed by atoms with Crippen LogP contribution in [0.15, 0.2) is 39.9 Å². The average Bonchev–Trinajstić information content (AvgIpc) is 3.03. The SMILES string of the molecule is C[C@@H]1Nc2nn(C)c(=O)c3c2cc(N2CCOCC2)c(=O)n3CCCCCCCN2CCC(CC2)C(F)(F)c2cccc1c2. The number of hydrogen-bond donors (Lipinski definition) is 1. The van der Waals surface area contributed by atoms with Gasteiger partial charge < -0.3 is 24.4 Å². The van der Waals surface area contributed by atoms with E-state index in [0.717, 1.165) is 38.6 Å². The number of fused-ring (bicyclic) bond motifs is 9. The molecule has 1 N–H and O–H groups in total. The molecule has 0 aliphatic carbocycles. The molecule has 0 saturated carbocycles. The molecule has 0 unspecified atom stereocenters. The van der Waals surface area contributed by atoms with E-state index in [1.165, 1.54) is 10.7 Å². The van der Waals surface area contributed by atoms with E-state index in [0.29, 0.717) is 86.8 Å². The average molecular weight is 611 g/mol. The van der Waals surface area contributed by atoms with E-state index in [1.807, 2.05) is 17.9 Å². The quantitative estimate of drug-likeness (QED) is 0.421. The van der Waals surface area contributed by atoms with Crippen LogP contribution in [0.3, 0.4) is 0 Å². The predicted octanol–water partition coefficient (Wildman–Crippen LogP) is 4.87. The van der Waals surface area contributed by atoms with Crippen molar-refractivity contribution in [2.24, 2.45) is 13.0 Å². The van der Waals surface area contributed by atoms with Crippen molar-refractivity contribution >= 4 is 22.4 Å². The summed E-state index contributed by atoms with van der Waals surface area (Å²) in [7, 11) is 1.58. The van der Waals surface area contributed by atoms with Crippen LogP contribution in [0.5, 0.6) is 0 Å². The van der Waals surface area contributed by atoms with Crippen LogP contribution >= 0.6 is 0 Å². The smallest absolute Gasteiger partial charge is 0.291 e. The van der Waals surface area contributed by atoms with E-state index in [4.69, 9.17) is 4.74 Å². The van der Waals surface area contributed by atoms with Crippen LogP contribution in [-0.2, 0) is 24.3 Å². The second-order valence-corrected chi connectivity index (χ2v) is 12.6. The normalized spacial score (nSPS) is 25.0. The number of ether oxygens (including phenoxy) is 1. The molecule has 2 fully saturated rings. The lowest BCUT2D eigenvalue weighted by atomic mass is 9.85. The first kappa shape index (κ1) is 30.7. The maximum Gasteiger partial charge on any atom is 0.291 e. The summed E-state index contributed by atoms with van der Waals surface area (Å²) in [5, 5.41) is 8.54. The van der Waals surface area contributed by atoms with Crippen LogP contribution < -0.4 is 21.3 Å². The van der Waals surface area contributed by atoms with Crippen molar-refractivity contribution in [1.29, 1.82) is 0 Å². The van der Waals surface area contributed by atoms with Gasteiger partial charge in [-0.25, -0.2) is 13.5 Å². The number of nitrogens with zero attached hydrogens (tertiary/aromatic N) is 5. The Morgan fingerprint density at radius 1 is 0.909 bits per heavy atom. The summed E-state index contributed by atoms with van der Waals surface area (Å²) in [4.78, 5) is 31.9. The maximum atomic E-state index is 15.9. The molecule has 2 aromatic heterocycles. The molecule has 4 aliphatic heterocycles. The third kappa shape index (κ3) is 6.13. The Bertz CT molecular complexity index is 1590. The van der Waals surface area contributed by atoms with Crippen molar-refractivity contribution in [1.82, 2.24) is 19.2 Å². The third-order valence-corrected chi connectivity index (χ3v) is 9.70. The molecule has 2 saturated heterocycles. The zero-order valence-electron chi connectivity index (χ0n) is 25.9. The fourth-order valence-electron chi connectivity index (χ4n) is 7.01. The molecule has 0 radical (unpaired) electrons. The summed E-state index contributed by atoms with van der Waals surface area (Å²) >= 11 is 0. The summed E-state index contributed by atoms with van der Waals surface area (Å²) < 4.78 is 40.2. The molecule has 3 aromatic rings. The zero-order chi connectivity index (χ0) is 30.8. The van der Waals surface area contributed by atoms with E-state index in [9.17, 15) is 9.59 Å². The predicted molar refractivity (Wildman–Crippen MR) is 169 cm³/mol. The molecule has 6 heterocycles. The summed E-state index contributed by atoms with van der Waals surface area (Å²) in [6, 6.07) is 8.06. The number of morpholine rings is 1. The highest BCUT2D eigenvalue weighted by molar-refractivity contribution is 5.91. The second-order valence-electron chi connectivity index (χ2n) is 12.6. The third-order valence-electron chi connectivity index (χ3n) is 9.70. The fourth-order valence-corrected chi connectivity index (χ4v) is 7.01. The van der Waals surface area contributed by atoms with E-state index in [2.05, 4.69) is 15.3 Å². The maximum absolute atomic E-state index is 15.9. The van der Waals surface area contributed by atoms with Crippen molar-refractivity contribution in [3.05, 3.63) is 62.2 Å². The first-order chi connectivity index (χ1) is 21.2. The van der Waals surface area contributed by atoms with E-state index >= 15 is 8.78 Å². The molecular weight excluding hydrogens is 566 g/mol. The summed E-state index contributed by atoms with van der Waals surface area (Å²) in [6.07, 6.45) is 5.78. The molecule has 44 heavy (non-hydrogen) atoms. The first-order valence-electron chi connectivity index (χ1n) is 16.2. The minimum atomic E-state index is -2.93. The van der Waals surface area contributed by atoms with Gasteiger partial charge in [0.25, 0.3) is 17.0 Å². The standard InChI is InChI=1S/C33H44F2N6O3/c1-23-24-9-8-10-26(21-24)33(34,35)25-11-15-39(16-12-25)13-6-4-3-5-7-14-41-29-27(30(36-23)37-38(2)32(29)43)22-28(31(41)42)40-17-19-44-20-18-40/h8-10,21-23,25H,3-7,11-20H2,1-2H3,(H,36,37)/t23-/m0/s1. The van der Waals surface area contributed by atoms with Crippen LogP contribution in [-0.4, -0.2) is 65.2 Å². The van der Waals surface area contributed by atoms with Gasteiger partial charge >= 0.3 is 0 Å². The lowest BCUT2D eigenvalue weighted by Gasteiger charge is -2.36. The highest BCUT2D eigenvalue weighted by Gasteiger charge is 2.42. The van der Waals surface area contributed by atoms with Gasteiger partial charge in [0.2, 0.25) is 0 Å². The largest absolute Gasteiger partial charge is 0.378 e. The lowest BCUT2D eigenvalue weighted by Crippen LogP contribution is -2.41.